The molecule has 7 heteroatoms. The molecule has 0 spiro atoms. The van der Waals surface area contributed by atoms with Gasteiger partial charge in [-0.2, -0.15) is 0 Å². The van der Waals surface area contributed by atoms with Gasteiger partial charge in [0, 0.05) is 25.0 Å². The lowest BCUT2D eigenvalue weighted by molar-refractivity contribution is 0.0953. The molecule has 0 aliphatic carbocycles. The number of carbonyl (C=O) groups is 1. The van der Waals surface area contributed by atoms with E-state index in [2.05, 4.69) is 27.8 Å². The molecule has 2 N–H and O–H groups in total. The summed E-state index contributed by atoms with van der Waals surface area (Å²) in [7, 11) is -2.94. The van der Waals surface area contributed by atoms with E-state index < -0.39 is 9.84 Å². The molecule has 1 aliphatic heterocycles. The third-order valence-electron chi connectivity index (χ3n) is 4.37. The minimum absolute atomic E-state index is 0.119. The molecule has 1 saturated heterocycles. The molecule has 0 bridgehead atoms. The van der Waals surface area contributed by atoms with Crippen molar-refractivity contribution in [3.63, 3.8) is 0 Å². The van der Waals surface area contributed by atoms with Gasteiger partial charge in [0.1, 0.15) is 0 Å². The van der Waals surface area contributed by atoms with Crippen LogP contribution in [0.15, 0.2) is 48.8 Å². The van der Waals surface area contributed by atoms with Crippen LogP contribution >= 0.6 is 0 Å². The Morgan fingerprint density at radius 1 is 1.19 bits per heavy atom. The number of sulfone groups is 1. The smallest absolute Gasteiger partial charge is 0.252 e. The van der Waals surface area contributed by atoms with Gasteiger partial charge in [-0.15, -0.1) is 0 Å². The van der Waals surface area contributed by atoms with Crippen molar-refractivity contribution in [3.05, 3.63) is 59.9 Å². The summed E-state index contributed by atoms with van der Waals surface area (Å²) in [5.74, 6) is 0.163. The molecule has 138 valence electrons. The van der Waals surface area contributed by atoms with Crippen LogP contribution < -0.4 is 10.6 Å². The summed E-state index contributed by atoms with van der Waals surface area (Å²) < 4.78 is 23.1. The average Bonchev–Trinajstić information content (AvgIpc) is 2.98. The number of aromatic nitrogens is 1. The fourth-order valence-corrected chi connectivity index (χ4v) is 4.70. The molecule has 2 heterocycles. The number of aryl methyl sites for hydroxylation is 1. The highest BCUT2D eigenvalue weighted by Gasteiger charge is 2.27. The Balaban J connectivity index is 1.48. The van der Waals surface area contributed by atoms with Gasteiger partial charge in [-0.25, -0.2) is 8.42 Å². The summed E-state index contributed by atoms with van der Waals surface area (Å²) in [6.07, 6.45) is 5.48. The van der Waals surface area contributed by atoms with Gasteiger partial charge in [0.05, 0.1) is 22.8 Å². The minimum atomic E-state index is -2.94. The number of hydrogen-bond donors (Lipinski definition) is 2. The Hall–Kier alpha value is -2.41. The van der Waals surface area contributed by atoms with Crippen LogP contribution in [-0.4, -0.2) is 43.4 Å². The van der Waals surface area contributed by atoms with E-state index in [1.54, 1.807) is 12.3 Å². The van der Waals surface area contributed by atoms with Gasteiger partial charge in [-0.3, -0.25) is 9.78 Å². The number of benzene rings is 1. The maximum absolute atomic E-state index is 12.3. The SMILES string of the molecule is O=C(NCCCc1ccccc1)c1cncc(NC2CCS(=O)(=O)C2)c1. The average molecular weight is 373 g/mol. The lowest BCUT2D eigenvalue weighted by Crippen LogP contribution is -2.25. The van der Waals surface area contributed by atoms with Gasteiger partial charge >= 0.3 is 0 Å². The third kappa shape index (κ3) is 5.29. The van der Waals surface area contributed by atoms with Crippen LogP contribution in [0.5, 0.6) is 0 Å². The van der Waals surface area contributed by atoms with Gasteiger partial charge in [0.15, 0.2) is 9.84 Å². The van der Waals surface area contributed by atoms with Crippen molar-refractivity contribution >= 4 is 21.4 Å². The summed E-state index contributed by atoms with van der Waals surface area (Å²) in [6, 6.07) is 11.7. The number of nitrogens with zero attached hydrogens (tertiary/aromatic N) is 1. The fraction of sp³-hybridized carbons (Fsp3) is 0.368. The molecule has 2 aromatic rings. The molecular formula is C19H23N3O3S. The third-order valence-corrected chi connectivity index (χ3v) is 6.14. The van der Waals surface area contributed by atoms with Crippen LogP contribution in [0.1, 0.15) is 28.8 Å². The topological polar surface area (TPSA) is 88.2 Å². The highest BCUT2D eigenvalue weighted by atomic mass is 32.2. The van der Waals surface area contributed by atoms with E-state index in [4.69, 9.17) is 0 Å². The van der Waals surface area contributed by atoms with E-state index in [9.17, 15) is 13.2 Å². The zero-order valence-electron chi connectivity index (χ0n) is 14.5. The van der Waals surface area contributed by atoms with E-state index in [0.717, 1.165) is 12.8 Å². The van der Waals surface area contributed by atoms with Crippen LogP contribution in [0.2, 0.25) is 0 Å². The lowest BCUT2D eigenvalue weighted by Gasteiger charge is -2.13. The number of nitrogens with one attached hydrogen (secondary N) is 2. The van der Waals surface area contributed by atoms with E-state index in [1.165, 1.54) is 11.8 Å². The first-order chi connectivity index (χ1) is 12.5. The molecule has 6 nitrogen and oxygen atoms in total. The lowest BCUT2D eigenvalue weighted by atomic mass is 10.1. The second-order valence-corrected chi connectivity index (χ2v) is 8.78. The van der Waals surface area contributed by atoms with Crippen LogP contribution in [-0.2, 0) is 16.3 Å². The number of anilines is 1. The van der Waals surface area contributed by atoms with Crippen LogP contribution in [0.4, 0.5) is 5.69 Å². The highest BCUT2D eigenvalue weighted by molar-refractivity contribution is 7.91. The first-order valence-electron chi connectivity index (χ1n) is 8.76. The number of carbonyl (C=O) groups excluding carboxylic acids is 1. The second kappa shape index (κ2) is 8.31. The monoisotopic (exact) mass is 373 g/mol. The van der Waals surface area contributed by atoms with Crippen molar-refractivity contribution in [1.29, 1.82) is 0 Å². The second-order valence-electron chi connectivity index (χ2n) is 6.55. The van der Waals surface area contributed by atoms with Crippen molar-refractivity contribution in [3.8, 4) is 0 Å². The Bertz CT molecular complexity index is 853. The van der Waals surface area contributed by atoms with Gasteiger partial charge in [-0.05, 0) is 30.9 Å². The molecule has 1 amide bonds. The normalized spacial score (nSPS) is 18.4. The van der Waals surface area contributed by atoms with Crippen molar-refractivity contribution in [2.75, 3.05) is 23.4 Å². The highest BCUT2D eigenvalue weighted by Crippen LogP contribution is 2.17. The van der Waals surface area contributed by atoms with Gasteiger partial charge < -0.3 is 10.6 Å². The van der Waals surface area contributed by atoms with E-state index in [-0.39, 0.29) is 23.5 Å². The molecule has 1 atom stereocenters. The molecule has 1 fully saturated rings. The first kappa shape index (κ1) is 18.4. The molecule has 0 saturated carbocycles. The first-order valence-corrected chi connectivity index (χ1v) is 10.6. The van der Waals surface area contributed by atoms with E-state index in [0.29, 0.717) is 24.2 Å². The summed E-state index contributed by atoms with van der Waals surface area (Å²) in [5.41, 5.74) is 2.39. The molecule has 0 radical (unpaired) electrons. The Kier molecular flexibility index (Phi) is 5.88. The van der Waals surface area contributed by atoms with Crippen LogP contribution in [0, 0.1) is 0 Å². The molecular weight excluding hydrogens is 350 g/mol. The summed E-state index contributed by atoms with van der Waals surface area (Å²) in [5, 5.41) is 6.06. The Labute approximate surface area is 154 Å². The maximum atomic E-state index is 12.3. The zero-order valence-corrected chi connectivity index (χ0v) is 15.3. The summed E-state index contributed by atoms with van der Waals surface area (Å²) in [4.78, 5) is 16.4. The quantitative estimate of drug-likeness (QED) is 0.725. The van der Waals surface area contributed by atoms with E-state index >= 15 is 0 Å². The Morgan fingerprint density at radius 3 is 2.73 bits per heavy atom. The Morgan fingerprint density at radius 2 is 2.00 bits per heavy atom. The molecule has 1 aromatic carbocycles. The number of pyridine rings is 1. The maximum Gasteiger partial charge on any atom is 0.252 e. The van der Waals surface area contributed by atoms with Crippen molar-refractivity contribution in [2.24, 2.45) is 0 Å². The molecule has 1 aliphatic rings. The largest absolute Gasteiger partial charge is 0.380 e. The van der Waals surface area contributed by atoms with Gasteiger partial charge in [0.25, 0.3) is 5.91 Å². The van der Waals surface area contributed by atoms with Crippen molar-refractivity contribution in [2.45, 2.75) is 25.3 Å². The van der Waals surface area contributed by atoms with Gasteiger partial charge in [0.2, 0.25) is 0 Å². The number of rotatable bonds is 7. The minimum Gasteiger partial charge on any atom is -0.380 e. The molecule has 1 unspecified atom stereocenters. The van der Waals surface area contributed by atoms with E-state index in [1.807, 2.05) is 18.2 Å². The zero-order chi connectivity index (χ0) is 18.4. The number of amides is 1. The van der Waals surface area contributed by atoms with Gasteiger partial charge in [-0.1, -0.05) is 30.3 Å². The standard InChI is InChI=1S/C19H23N3O3S/c23-19(21-9-4-7-15-5-2-1-3-6-15)16-11-18(13-20-12-16)22-17-8-10-26(24,25)14-17/h1-3,5-6,11-13,17,22H,4,7-10,14H2,(H,21,23). The summed E-state index contributed by atoms with van der Waals surface area (Å²) in [6.45, 7) is 0.590. The number of hydrogen-bond acceptors (Lipinski definition) is 5. The van der Waals surface area contributed by atoms with Crippen molar-refractivity contribution in [1.82, 2.24) is 10.3 Å². The summed E-state index contributed by atoms with van der Waals surface area (Å²) >= 11 is 0. The van der Waals surface area contributed by atoms with Crippen LogP contribution in [0.25, 0.3) is 0 Å². The van der Waals surface area contributed by atoms with Crippen LogP contribution in [0.3, 0.4) is 0 Å². The predicted octanol–water partition coefficient (Wildman–Crippen LogP) is 2.04. The fourth-order valence-electron chi connectivity index (χ4n) is 3.03. The molecule has 26 heavy (non-hydrogen) atoms. The predicted molar refractivity (Wildman–Crippen MR) is 102 cm³/mol. The molecule has 3 rings (SSSR count). The molecule has 1 aromatic heterocycles. The van der Waals surface area contributed by atoms with Crippen molar-refractivity contribution < 1.29 is 13.2 Å².